The molecule has 1 heterocycles. The van der Waals surface area contributed by atoms with E-state index in [0.29, 0.717) is 0 Å². The number of rotatable bonds is 3. The van der Waals surface area contributed by atoms with Crippen molar-refractivity contribution in [1.29, 1.82) is 0 Å². The first-order valence-corrected chi connectivity index (χ1v) is 6.85. The quantitative estimate of drug-likeness (QED) is 0.894. The molecular weight excluding hydrogens is 248 g/mol. The van der Waals surface area contributed by atoms with E-state index in [-0.39, 0.29) is 5.54 Å². The van der Waals surface area contributed by atoms with Crippen molar-refractivity contribution in [2.75, 3.05) is 5.32 Å². The van der Waals surface area contributed by atoms with Crippen LogP contribution in [0.1, 0.15) is 43.7 Å². The number of aryl methyl sites for hydroxylation is 1. The Bertz CT molecular complexity index is 573. The minimum Gasteiger partial charge on any atom is -0.384 e. The van der Waals surface area contributed by atoms with Gasteiger partial charge in [0.05, 0.1) is 0 Å². The molecule has 0 radical (unpaired) electrons. The Morgan fingerprint density at radius 2 is 1.70 bits per heavy atom. The number of nitrogens with one attached hydrogen (secondary N) is 1. The van der Waals surface area contributed by atoms with Crippen LogP contribution in [0, 0.1) is 6.92 Å². The van der Waals surface area contributed by atoms with Crippen molar-refractivity contribution in [2.45, 2.75) is 39.3 Å². The summed E-state index contributed by atoms with van der Waals surface area (Å²) in [6.45, 7) is 8.21. The lowest BCUT2D eigenvalue weighted by Crippen LogP contribution is -2.26. The zero-order valence-electron chi connectivity index (χ0n) is 12.5. The number of benzene rings is 1. The number of hydrogen-bond donors (Lipinski definition) is 2. The van der Waals surface area contributed by atoms with Crippen molar-refractivity contribution in [3.05, 3.63) is 59.3 Å². The summed E-state index contributed by atoms with van der Waals surface area (Å²) >= 11 is 0. The monoisotopic (exact) mass is 270 g/mol. The molecule has 0 saturated heterocycles. The van der Waals surface area contributed by atoms with Crippen LogP contribution in [0.15, 0.2) is 42.5 Å². The van der Waals surface area contributed by atoms with Crippen molar-refractivity contribution < 1.29 is 5.11 Å². The molecule has 0 aliphatic carbocycles. The number of pyridine rings is 1. The van der Waals surface area contributed by atoms with Crippen molar-refractivity contribution in [3.8, 4) is 0 Å². The highest BCUT2D eigenvalue weighted by Crippen LogP contribution is 2.25. The molecule has 20 heavy (non-hydrogen) atoms. The minimum atomic E-state index is -0.632. The molecule has 2 aromatic rings. The lowest BCUT2D eigenvalue weighted by Gasteiger charge is -2.22. The van der Waals surface area contributed by atoms with E-state index in [9.17, 15) is 5.11 Å². The van der Waals surface area contributed by atoms with Crippen LogP contribution in [0.25, 0.3) is 0 Å². The summed E-state index contributed by atoms with van der Waals surface area (Å²) in [5.74, 6) is 0.832. The highest BCUT2D eigenvalue weighted by Gasteiger charge is 2.15. The van der Waals surface area contributed by atoms with Gasteiger partial charge in [0.1, 0.15) is 11.9 Å². The molecule has 0 spiro atoms. The summed E-state index contributed by atoms with van der Waals surface area (Å²) in [7, 11) is 0. The molecule has 1 aromatic heterocycles. The van der Waals surface area contributed by atoms with E-state index < -0.39 is 6.10 Å². The Morgan fingerprint density at radius 3 is 2.25 bits per heavy atom. The predicted molar refractivity (Wildman–Crippen MR) is 82.9 cm³/mol. The van der Waals surface area contributed by atoms with Crippen LogP contribution in [0.5, 0.6) is 0 Å². The van der Waals surface area contributed by atoms with Crippen LogP contribution >= 0.6 is 0 Å². The lowest BCUT2D eigenvalue weighted by atomic mass is 10.0. The first kappa shape index (κ1) is 14.5. The molecule has 3 heteroatoms. The topological polar surface area (TPSA) is 45.2 Å². The number of aromatic nitrogens is 1. The van der Waals surface area contributed by atoms with E-state index in [1.54, 1.807) is 0 Å². The van der Waals surface area contributed by atoms with Crippen LogP contribution in [-0.4, -0.2) is 15.6 Å². The molecule has 1 unspecified atom stereocenters. The number of nitrogens with zero attached hydrogens (tertiary/aromatic N) is 1. The Morgan fingerprint density at radius 1 is 1.05 bits per heavy atom. The molecule has 1 aromatic carbocycles. The number of aliphatic hydroxyl groups excluding tert-OH is 1. The average molecular weight is 270 g/mol. The Hall–Kier alpha value is -1.87. The summed E-state index contributed by atoms with van der Waals surface area (Å²) in [5, 5.41) is 13.8. The standard InChI is InChI=1S/C17H22N2O/c1-12-14(16(20)13-8-6-5-7-9-13)10-11-15(18-12)19-17(2,3)4/h5-11,16,20H,1-4H3,(H,18,19). The second-order valence-electron chi connectivity index (χ2n) is 6.06. The van der Waals surface area contributed by atoms with Crippen molar-refractivity contribution in [3.63, 3.8) is 0 Å². The van der Waals surface area contributed by atoms with Gasteiger partial charge in [-0.3, -0.25) is 0 Å². The number of aliphatic hydroxyl groups is 1. The molecule has 3 nitrogen and oxygen atoms in total. The minimum absolute atomic E-state index is 0.0288. The molecule has 0 aliphatic heterocycles. The van der Waals surface area contributed by atoms with Gasteiger partial charge in [0.15, 0.2) is 0 Å². The van der Waals surface area contributed by atoms with Gasteiger partial charge in [0, 0.05) is 16.8 Å². The fourth-order valence-corrected chi connectivity index (χ4v) is 2.13. The van der Waals surface area contributed by atoms with Gasteiger partial charge < -0.3 is 10.4 Å². The zero-order chi connectivity index (χ0) is 14.8. The second kappa shape index (κ2) is 5.63. The van der Waals surface area contributed by atoms with Gasteiger partial charge in [-0.2, -0.15) is 0 Å². The average Bonchev–Trinajstić information content (AvgIpc) is 2.37. The van der Waals surface area contributed by atoms with Gasteiger partial charge in [-0.1, -0.05) is 36.4 Å². The molecule has 1 atom stereocenters. The van der Waals surface area contributed by atoms with Crippen molar-refractivity contribution >= 4 is 5.82 Å². The molecule has 0 aliphatic rings. The van der Waals surface area contributed by atoms with Crippen molar-refractivity contribution in [1.82, 2.24) is 4.98 Å². The summed E-state index contributed by atoms with van der Waals surface area (Å²) in [5.41, 5.74) is 2.54. The van der Waals surface area contributed by atoms with E-state index in [4.69, 9.17) is 0 Å². The summed E-state index contributed by atoms with van der Waals surface area (Å²) < 4.78 is 0. The van der Waals surface area contributed by atoms with Gasteiger partial charge in [-0.15, -0.1) is 0 Å². The van der Waals surface area contributed by atoms with Gasteiger partial charge in [0.25, 0.3) is 0 Å². The molecule has 0 fully saturated rings. The molecule has 2 rings (SSSR count). The highest BCUT2D eigenvalue weighted by molar-refractivity contribution is 5.42. The fourth-order valence-electron chi connectivity index (χ4n) is 2.13. The molecule has 106 valence electrons. The van der Waals surface area contributed by atoms with E-state index in [2.05, 4.69) is 31.1 Å². The lowest BCUT2D eigenvalue weighted by molar-refractivity contribution is 0.219. The van der Waals surface area contributed by atoms with Gasteiger partial charge >= 0.3 is 0 Å². The molecule has 0 saturated carbocycles. The maximum atomic E-state index is 10.4. The Kier molecular flexibility index (Phi) is 4.09. The largest absolute Gasteiger partial charge is 0.384 e. The normalized spacial score (nSPS) is 13.1. The van der Waals surface area contributed by atoms with Crippen LogP contribution < -0.4 is 5.32 Å². The van der Waals surface area contributed by atoms with Crippen molar-refractivity contribution in [2.24, 2.45) is 0 Å². The van der Waals surface area contributed by atoms with E-state index >= 15 is 0 Å². The van der Waals surface area contributed by atoms with E-state index in [1.165, 1.54) is 0 Å². The second-order valence-corrected chi connectivity index (χ2v) is 6.06. The summed E-state index contributed by atoms with van der Waals surface area (Å²) in [6.07, 6.45) is -0.632. The van der Waals surface area contributed by atoms with E-state index in [1.807, 2.05) is 49.4 Å². The number of hydrogen-bond acceptors (Lipinski definition) is 3. The predicted octanol–water partition coefficient (Wildman–Crippen LogP) is 3.68. The highest BCUT2D eigenvalue weighted by atomic mass is 16.3. The maximum absolute atomic E-state index is 10.4. The van der Waals surface area contributed by atoms with Crippen LogP contribution in [0.3, 0.4) is 0 Å². The molecular formula is C17H22N2O. The molecule has 0 amide bonds. The summed E-state index contributed by atoms with van der Waals surface area (Å²) in [6, 6.07) is 13.5. The first-order valence-electron chi connectivity index (χ1n) is 6.85. The molecule has 2 N–H and O–H groups in total. The Balaban J connectivity index is 2.26. The van der Waals surface area contributed by atoms with Crippen LogP contribution in [0.4, 0.5) is 5.82 Å². The third-order valence-electron chi connectivity index (χ3n) is 3.04. The molecule has 0 bridgehead atoms. The first-order chi connectivity index (χ1) is 9.37. The fraction of sp³-hybridized carbons (Fsp3) is 0.353. The van der Waals surface area contributed by atoms with Gasteiger partial charge in [0.2, 0.25) is 0 Å². The van der Waals surface area contributed by atoms with E-state index in [0.717, 1.165) is 22.6 Å². The van der Waals surface area contributed by atoms with Crippen LogP contribution in [0.2, 0.25) is 0 Å². The van der Waals surface area contributed by atoms with Gasteiger partial charge in [-0.25, -0.2) is 4.98 Å². The summed E-state index contributed by atoms with van der Waals surface area (Å²) in [4.78, 5) is 4.53. The SMILES string of the molecule is Cc1nc(NC(C)(C)C)ccc1C(O)c1ccccc1. The zero-order valence-corrected chi connectivity index (χ0v) is 12.5. The third kappa shape index (κ3) is 3.58. The number of anilines is 1. The smallest absolute Gasteiger partial charge is 0.126 e. The maximum Gasteiger partial charge on any atom is 0.126 e. The van der Waals surface area contributed by atoms with Gasteiger partial charge in [-0.05, 0) is 39.3 Å². The third-order valence-corrected chi connectivity index (χ3v) is 3.04. The van der Waals surface area contributed by atoms with Crippen LogP contribution in [-0.2, 0) is 0 Å². The Labute approximate surface area is 120 Å².